The van der Waals surface area contributed by atoms with E-state index in [-0.39, 0.29) is 37.1 Å². The van der Waals surface area contributed by atoms with Crippen LogP contribution in [0.15, 0.2) is 54.4 Å². The van der Waals surface area contributed by atoms with Crippen molar-refractivity contribution in [2.24, 2.45) is 10.8 Å². The van der Waals surface area contributed by atoms with Gasteiger partial charge in [-0.1, -0.05) is 87.3 Å². The predicted octanol–water partition coefficient (Wildman–Crippen LogP) is 8.40. The Hall–Kier alpha value is -2.36. The van der Waals surface area contributed by atoms with Crippen LogP contribution in [0.3, 0.4) is 0 Å². The molecule has 36 heavy (non-hydrogen) atoms. The summed E-state index contributed by atoms with van der Waals surface area (Å²) in [6, 6.07) is 15.9. The molecule has 3 aromatic rings. The number of hydrogen-bond donors (Lipinski definition) is 1. The largest absolute Gasteiger partial charge is 0.512 e. The van der Waals surface area contributed by atoms with Gasteiger partial charge in [-0.05, 0) is 18.1 Å². The molecule has 2 aromatic carbocycles. The van der Waals surface area contributed by atoms with E-state index in [1.54, 1.807) is 0 Å². The van der Waals surface area contributed by atoms with E-state index in [0.717, 1.165) is 40.7 Å². The van der Waals surface area contributed by atoms with Crippen LogP contribution in [0.1, 0.15) is 85.3 Å². The van der Waals surface area contributed by atoms with Crippen LogP contribution < -0.4 is 0 Å². The van der Waals surface area contributed by atoms with Crippen LogP contribution in [-0.4, -0.2) is 20.9 Å². The summed E-state index contributed by atoms with van der Waals surface area (Å²) in [5.41, 5.74) is 5.58. The van der Waals surface area contributed by atoms with E-state index < -0.39 is 5.41 Å². The SMILES string of the molecule is CC(C)(C)C(=O)/C=C(\O)C(C)(C)C.CCC(CC)c1cc(C)[c-]c(-c2cnc3ccccc3n2)c1.[Ir]. The summed E-state index contributed by atoms with van der Waals surface area (Å²) in [7, 11) is 0. The molecule has 1 N–H and O–H groups in total. The van der Waals surface area contributed by atoms with Gasteiger partial charge in [0.05, 0.1) is 11.0 Å². The molecule has 0 aliphatic heterocycles. The second-order valence-corrected chi connectivity index (χ2v) is 11.2. The minimum Gasteiger partial charge on any atom is -0.512 e. The Morgan fingerprint density at radius 1 is 1.00 bits per heavy atom. The van der Waals surface area contributed by atoms with Gasteiger partial charge in [0.25, 0.3) is 0 Å². The van der Waals surface area contributed by atoms with E-state index in [9.17, 15) is 9.90 Å². The van der Waals surface area contributed by atoms with E-state index >= 15 is 0 Å². The maximum absolute atomic E-state index is 11.5. The van der Waals surface area contributed by atoms with Crippen molar-refractivity contribution >= 4 is 16.8 Å². The van der Waals surface area contributed by atoms with Crippen molar-refractivity contribution in [1.29, 1.82) is 0 Å². The number of carbonyl (C=O) groups excluding carboxylic acids is 1. The molecule has 0 aliphatic carbocycles. The van der Waals surface area contributed by atoms with Crippen molar-refractivity contribution in [2.45, 2.75) is 81.1 Å². The smallest absolute Gasteiger partial charge is 0.164 e. The van der Waals surface area contributed by atoms with Crippen LogP contribution in [0.2, 0.25) is 0 Å². The van der Waals surface area contributed by atoms with Gasteiger partial charge >= 0.3 is 0 Å². The van der Waals surface area contributed by atoms with Gasteiger partial charge in [0.15, 0.2) is 5.78 Å². The molecule has 197 valence electrons. The second kappa shape index (κ2) is 13.3. The molecule has 0 bridgehead atoms. The van der Waals surface area contributed by atoms with Gasteiger partial charge in [0.1, 0.15) is 5.76 Å². The predicted molar refractivity (Wildman–Crippen MR) is 146 cm³/mol. The van der Waals surface area contributed by atoms with Crippen molar-refractivity contribution in [1.82, 2.24) is 9.97 Å². The van der Waals surface area contributed by atoms with Crippen LogP contribution in [0.25, 0.3) is 22.3 Å². The topological polar surface area (TPSA) is 63.1 Å². The van der Waals surface area contributed by atoms with E-state index in [1.165, 1.54) is 11.6 Å². The first-order chi connectivity index (χ1) is 16.3. The average molecular weight is 666 g/mol. The molecule has 0 saturated carbocycles. The van der Waals surface area contributed by atoms with Crippen molar-refractivity contribution in [3.8, 4) is 11.3 Å². The first-order valence-electron chi connectivity index (χ1n) is 12.5. The summed E-state index contributed by atoms with van der Waals surface area (Å²) in [5, 5.41) is 9.56. The number of aryl methyl sites for hydroxylation is 1. The van der Waals surface area contributed by atoms with Crippen LogP contribution in [-0.2, 0) is 24.9 Å². The first kappa shape index (κ1) is 31.7. The Labute approximate surface area is 231 Å². The fourth-order valence-corrected chi connectivity index (χ4v) is 3.52. The van der Waals surface area contributed by atoms with Gasteiger partial charge in [-0.25, -0.2) is 0 Å². The summed E-state index contributed by atoms with van der Waals surface area (Å²) in [4.78, 5) is 20.7. The molecular weight excluding hydrogens is 625 g/mol. The zero-order valence-electron chi connectivity index (χ0n) is 23.2. The molecule has 1 heterocycles. The molecule has 4 nitrogen and oxygen atoms in total. The standard InChI is InChI=1S/C20H21N2.C11H20O2.Ir/c1-4-15(5-2)16-10-14(3)11-17(12-16)20-13-21-18-8-6-7-9-19(18)22-20;1-10(2,3)8(12)7-9(13)11(4,5)6;/h6-10,12-13,15H,4-5H2,1-3H3;7,12H,1-6H3;/q-1;;/b;8-7-;. The molecule has 0 spiro atoms. The number of allylic oxidation sites excluding steroid dienone is 2. The number of fused-ring (bicyclic) bond motifs is 1. The number of hydrogen-bond acceptors (Lipinski definition) is 4. The Kier molecular flexibility index (Phi) is 11.7. The molecule has 0 amide bonds. The quantitative estimate of drug-likeness (QED) is 0.169. The van der Waals surface area contributed by atoms with E-state index in [0.29, 0.717) is 5.92 Å². The summed E-state index contributed by atoms with van der Waals surface area (Å²) in [5.74, 6) is 0.702. The number of carbonyl (C=O) groups is 1. The van der Waals surface area contributed by atoms with Gasteiger partial charge in [0.2, 0.25) is 0 Å². The minimum absolute atomic E-state index is 0. The molecule has 1 radical (unpaired) electrons. The van der Waals surface area contributed by atoms with Crippen LogP contribution in [0.4, 0.5) is 0 Å². The summed E-state index contributed by atoms with van der Waals surface area (Å²) in [6.45, 7) is 17.7. The maximum atomic E-state index is 11.5. The number of rotatable bonds is 5. The first-order valence-corrected chi connectivity index (χ1v) is 12.5. The number of aliphatic hydroxyl groups excluding tert-OH is 1. The monoisotopic (exact) mass is 666 g/mol. The maximum Gasteiger partial charge on any atom is 0.164 e. The molecule has 0 aliphatic rings. The molecule has 0 fully saturated rings. The molecule has 0 unspecified atom stereocenters. The van der Waals surface area contributed by atoms with Gasteiger partial charge in [-0.3, -0.25) is 14.8 Å². The van der Waals surface area contributed by atoms with E-state index in [2.05, 4.69) is 44.0 Å². The normalized spacial score (nSPS) is 12.1. The van der Waals surface area contributed by atoms with Crippen molar-refractivity contribution in [3.63, 3.8) is 0 Å². The van der Waals surface area contributed by atoms with Crippen LogP contribution in [0.5, 0.6) is 0 Å². The number of aliphatic hydroxyl groups is 1. The molecular formula is C31H41IrN2O2-. The number of ketones is 1. The Balaban J connectivity index is 0.000000402. The van der Waals surface area contributed by atoms with Gasteiger partial charge < -0.3 is 5.11 Å². The van der Waals surface area contributed by atoms with Crippen molar-refractivity contribution in [2.75, 3.05) is 0 Å². The third kappa shape index (κ3) is 8.94. The molecule has 5 heteroatoms. The van der Waals surface area contributed by atoms with Crippen molar-refractivity contribution in [3.05, 3.63) is 71.6 Å². The van der Waals surface area contributed by atoms with Gasteiger partial charge in [-0.2, -0.15) is 0 Å². The van der Waals surface area contributed by atoms with Gasteiger partial charge in [0, 0.05) is 48.9 Å². The van der Waals surface area contributed by atoms with Crippen LogP contribution in [0, 0.1) is 23.8 Å². The fraction of sp³-hybridized carbons (Fsp3) is 0.452. The molecule has 0 atom stereocenters. The fourth-order valence-electron chi connectivity index (χ4n) is 3.52. The van der Waals surface area contributed by atoms with E-state index in [4.69, 9.17) is 4.98 Å². The van der Waals surface area contributed by atoms with E-state index in [1.807, 2.05) is 72.0 Å². The Bertz CT molecular complexity index is 1180. The number of para-hydroxylation sites is 2. The molecule has 0 saturated heterocycles. The summed E-state index contributed by atoms with van der Waals surface area (Å²) < 4.78 is 0. The van der Waals surface area contributed by atoms with Gasteiger partial charge in [-0.15, -0.1) is 34.9 Å². The number of nitrogens with zero attached hydrogens (tertiary/aromatic N) is 2. The Morgan fingerprint density at radius 3 is 2.11 bits per heavy atom. The Morgan fingerprint density at radius 2 is 1.58 bits per heavy atom. The van der Waals surface area contributed by atoms with Crippen molar-refractivity contribution < 1.29 is 30.0 Å². The number of aromatic nitrogens is 2. The second-order valence-electron chi connectivity index (χ2n) is 11.2. The summed E-state index contributed by atoms with van der Waals surface area (Å²) in [6.07, 6.45) is 5.50. The third-order valence-corrected chi connectivity index (χ3v) is 5.98. The zero-order chi connectivity index (χ0) is 26.4. The number of benzene rings is 2. The molecule has 3 rings (SSSR count). The average Bonchev–Trinajstić information content (AvgIpc) is 2.78. The minimum atomic E-state index is -0.417. The summed E-state index contributed by atoms with van der Waals surface area (Å²) >= 11 is 0. The molecule has 1 aromatic heterocycles. The zero-order valence-corrected chi connectivity index (χ0v) is 25.6. The van der Waals surface area contributed by atoms with Crippen LogP contribution >= 0.6 is 0 Å². The third-order valence-electron chi connectivity index (χ3n) is 5.98.